The first-order valence-electron chi connectivity index (χ1n) is 10.6. The number of hydrogen-bond acceptors (Lipinski definition) is 6. The minimum Gasteiger partial charge on any atom is -0.496 e. The molecule has 166 valence electrons. The number of aromatic nitrogens is 6. The second-order valence-corrected chi connectivity index (χ2v) is 7.98. The van der Waals surface area contributed by atoms with Gasteiger partial charge in [-0.1, -0.05) is 25.4 Å². The van der Waals surface area contributed by atoms with E-state index in [1.807, 2.05) is 19.9 Å². The Morgan fingerprint density at radius 3 is 2.61 bits per heavy atom. The summed E-state index contributed by atoms with van der Waals surface area (Å²) < 4.78 is 5.62. The van der Waals surface area contributed by atoms with Crippen LogP contribution in [-0.2, 0) is 12.8 Å². The molecule has 0 saturated carbocycles. The van der Waals surface area contributed by atoms with Gasteiger partial charge in [0.2, 0.25) is 0 Å². The van der Waals surface area contributed by atoms with Crippen LogP contribution in [0.15, 0.2) is 41.5 Å². The molecule has 0 aliphatic heterocycles. The van der Waals surface area contributed by atoms with Crippen LogP contribution < -0.4 is 10.3 Å². The van der Waals surface area contributed by atoms with Crippen LogP contribution in [0.4, 0.5) is 0 Å². The van der Waals surface area contributed by atoms with Gasteiger partial charge >= 0.3 is 0 Å². The molecule has 0 atom stereocenters. The third kappa shape index (κ3) is 3.62. The normalized spacial score (nSPS) is 11.4. The van der Waals surface area contributed by atoms with E-state index in [0.717, 1.165) is 34.3 Å². The van der Waals surface area contributed by atoms with E-state index >= 15 is 0 Å². The molecule has 0 saturated heterocycles. The Bertz CT molecular complexity index is 1570. The van der Waals surface area contributed by atoms with Crippen molar-refractivity contribution in [3.05, 3.63) is 63.6 Å². The van der Waals surface area contributed by atoms with Crippen LogP contribution in [-0.4, -0.2) is 37.0 Å². The SMILES string of the molecule is CCc1cc(OC)c(-c2nccc3[nH]c(=O)c(-c4nc5c(CC)nc(Cl)cc5[nH]4)cc23)cn1. The molecule has 33 heavy (non-hydrogen) atoms. The van der Waals surface area contributed by atoms with Crippen molar-refractivity contribution in [3.63, 3.8) is 0 Å². The average molecular weight is 461 g/mol. The number of rotatable bonds is 5. The van der Waals surface area contributed by atoms with Crippen molar-refractivity contribution >= 4 is 33.5 Å². The molecule has 5 heterocycles. The van der Waals surface area contributed by atoms with Crippen LogP contribution in [0.1, 0.15) is 25.2 Å². The molecule has 0 spiro atoms. The minimum atomic E-state index is -0.262. The highest BCUT2D eigenvalue weighted by Crippen LogP contribution is 2.34. The first-order chi connectivity index (χ1) is 16.0. The van der Waals surface area contributed by atoms with Gasteiger partial charge in [-0.15, -0.1) is 0 Å². The Kier molecular flexibility index (Phi) is 5.30. The molecular formula is C24H21ClN6O2. The van der Waals surface area contributed by atoms with Crippen molar-refractivity contribution in [1.82, 2.24) is 29.9 Å². The molecule has 0 bridgehead atoms. The molecule has 5 rings (SSSR count). The lowest BCUT2D eigenvalue weighted by molar-refractivity contribution is 0.415. The molecular weight excluding hydrogens is 440 g/mol. The van der Waals surface area contributed by atoms with Gasteiger partial charge in [0, 0.05) is 35.6 Å². The third-order valence-corrected chi connectivity index (χ3v) is 5.83. The van der Waals surface area contributed by atoms with Crippen LogP contribution in [0.2, 0.25) is 5.15 Å². The van der Waals surface area contributed by atoms with Crippen molar-refractivity contribution in [3.8, 4) is 28.4 Å². The average Bonchev–Trinajstić information content (AvgIpc) is 3.25. The van der Waals surface area contributed by atoms with Crippen LogP contribution in [0.25, 0.3) is 44.6 Å². The Morgan fingerprint density at radius 2 is 1.85 bits per heavy atom. The summed E-state index contributed by atoms with van der Waals surface area (Å²) in [6.45, 7) is 4.02. The molecule has 9 heteroatoms. The summed E-state index contributed by atoms with van der Waals surface area (Å²) in [7, 11) is 1.62. The van der Waals surface area contributed by atoms with E-state index < -0.39 is 0 Å². The van der Waals surface area contributed by atoms with E-state index in [1.165, 1.54) is 0 Å². The predicted molar refractivity (Wildman–Crippen MR) is 129 cm³/mol. The van der Waals surface area contributed by atoms with Gasteiger partial charge in [0.05, 0.1) is 40.7 Å². The zero-order chi connectivity index (χ0) is 23.1. The van der Waals surface area contributed by atoms with E-state index in [1.54, 1.807) is 37.7 Å². The number of hydrogen-bond donors (Lipinski definition) is 2. The molecule has 5 aromatic heterocycles. The number of H-pyrrole nitrogens is 2. The van der Waals surface area contributed by atoms with Gasteiger partial charge in [0.15, 0.2) is 0 Å². The number of nitrogens with one attached hydrogen (secondary N) is 2. The highest BCUT2D eigenvalue weighted by molar-refractivity contribution is 6.30. The highest BCUT2D eigenvalue weighted by atomic mass is 35.5. The molecule has 0 radical (unpaired) electrons. The number of fused-ring (bicyclic) bond motifs is 2. The highest BCUT2D eigenvalue weighted by Gasteiger charge is 2.18. The van der Waals surface area contributed by atoms with Crippen LogP contribution in [0, 0.1) is 0 Å². The van der Waals surface area contributed by atoms with Crippen molar-refractivity contribution in [2.45, 2.75) is 26.7 Å². The number of halogens is 1. The fourth-order valence-corrected chi connectivity index (χ4v) is 4.17. The zero-order valence-corrected chi connectivity index (χ0v) is 19.1. The number of nitrogens with zero attached hydrogens (tertiary/aromatic N) is 4. The summed E-state index contributed by atoms with van der Waals surface area (Å²) in [6.07, 6.45) is 4.88. The summed E-state index contributed by atoms with van der Waals surface area (Å²) in [5.41, 5.74) is 5.31. The maximum atomic E-state index is 13.0. The number of methoxy groups -OCH3 is 1. The predicted octanol–water partition coefficient (Wildman–Crippen LogP) is 4.71. The fraction of sp³-hybridized carbons (Fsp3) is 0.208. The van der Waals surface area contributed by atoms with Gasteiger partial charge in [-0.2, -0.15) is 0 Å². The second-order valence-electron chi connectivity index (χ2n) is 7.59. The Morgan fingerprint density at radius 1 is 1.00 bits per heavy atom. The molecule has 0 amide bonds. The molecule has 0 unspecified atom stereocenters. The van der Waals surface area contributed by atoms with Crippen LogP contribution in [0.5, 0.6) is 5.75 Å². The first kappa shape index (κ1) is 21.1. The molecule has 0 aliphatic carbocycles. The topological polar surface area (TPSA) is 109 Å². The third-order valence-electron chi connectivity index (χ3n) is 5.63. The standard InChI is InChI=1S/C24H21ClN6O2/c1-4-12-8-19(33-3)15(11-27-12)21-13-9-14(24(32)30-17(13)6-7-26-21)23-29-18-10-20(25)28-16(5-2)22(18)31-23/h6-11H,4-5H2,1-3H3,(H,29,31)(H,30,32). The Hall–Kier alpha value is -3.78. The summed E-state index contributed by atoms with van der Waals surface area (Å²) in [4.78, 5) is 37.3. The summed E-state index contributed by atoms with van der Waals surface area (Å²) in [5.74, 6) is 1.11. The van der Waals surface area contributed by atoms with Crippen LogP contribution >= 0.6 is 11.6 Å². The van der Waals surface area contributed by atoms with E-state index in [4.69, 9.17) is 16.3 Å². The van der Waals surface area contributed by atoms with Crippen molar-refractivity contribution in [2.75, 3.05) is 7.11 Å². The molecule has 5 aromatic rings. The number of aromatic amines is 2. The second kappa shape index (κ2) is 8.29. The van der Waals surface area contributed by atoms with E-state index in [0.29, 0.717) is 45.4 Å². The van der Waals surface area contributed by atoms with E-state index in [9.17, 15) is 4.79 Å². The molecule has 0 aliphatic rings. The maximum Gasteiger partial charge on any atom is 0.259 e. The summed E-state index contributed by atoms with van der Waals surface area (Å²) >= 11 is 6.15. The number of ether oxygens (including phenoxy) is 1. The number of aryl methyl sites for hydroxylation is 2. The molecule has 2 N–H and O–H groups in total. The van der Waals surface area contributed by atoms with Gasteiger partial charge in [-0.25, -0.2) is 9.97 Å². The maximum absolute atomic E-state index is 13.0. The largest absolute Gasteiger partial charge is 0.496 e. The minimum absolute atomic E-state index is 0.262. The summed E-state index contributed by atoms with van der Waals surface area (Å²) in [6, 6.07) is 7.18. The van der Waals surface area contributed by atoms with Gasteiger partial charge in [-0.05, 0) is 25.0 Å². The van der Waals surface area contributed by atoms with Gasteiger partial charge in [0.25, 0.3) is 5.56 Å². The monoisotopic (exact) mass is 460 g/mol. The quantitative estimate of drug-likeness (QED) is 0.367. The molecule has 8 nitrogen and oxygen atoms in total. The Balaban J connectivity index is 1.75. The zero-order valence-electron chi connectivity index (χ0n) is 18.4. The lowest BCUT2D eigenvalue weighted by atomic mass is 10.0. The van der Waals surface area contributed by atoms with Crippen molar-refractivity contribution in [2.24, 2.45) is 0 Å². The first-order valence-corrected chi connectivity index (χ1v) is 11.0. The van der Waals surface area contributed by atoms with Gasteiger partial charge in [0.1, 0.15) is 22.2 Å². The fourth-order valence-electron chi connectivity index (χ4n) is 3.95. The number of imidazole rings is 1. The van der Waals surface area contributed by atoms with E-state index in [-0.39, 0.29) is 5.56 Å². The lowest BCUT2D eigenvalue weighted by Crippen LogP contribution is -2.10. The smallest absolute Gasteiger partial charge is 0.259 e. The summed E-state index contributed by atoms with van der Waals surface area (Å²) in [5, 5.41) is 1.13. The van der Waals surface area contributed by atoms with E-state index in [2.05, 4.69) is 29.9 Å². The van der Waals surface area contributed by atoms with Crippen LogP contribution in [0.3, 0.4) is 0 Å². The molecule has 0 fully saturated rings. The molecule has 0 aromatic carbocycles. The van der Waals surface area contributed by atoms with Gasteiger partial charge in [-0.3, -0.25) is 14.8 Å². The van der Waals surface area contributed by atoms with Gasteiger partial charge < -0.3 is 14.7 Å². The van der Waals surface area contributed by atoms with Crippen molar-refractivity contribution in [1.29, 1.82) is 0 Å². The lowest BCUT2D eigenvalue weighted by Gasteiger charge is -2.11. The Labute approximate surface area is 194 Å². The van der Waals surface area contributed by atoms with Crippen molar-refractivity contribution < 1.29 is 4.74 Å². The number of pyridine rings is 4.